The lowest BCUT2D eigenvalue weighted by atomic mass is 9.78. The van der Waals surface area contributed by atoms with Gasteiger partial charge in [-0.05, 0) is 39.2 Å². The van der Waals surface area contributed by atoms with Crippen molar-refractivity contribution in [1.29, 1.82) is 0 Å². The molecule has 0 amide bonds. The van der Waals surface area contributed by atoms with Gasteiger partial charge in [0.05, 0.1) is 16.9 Å². The third-order valence-corrected chi connectivity index (χ3v) is 4.57. The number of nitrogens with zero attached hydrogens (tertiary/aromatic N) is 1. The van der Waals surface area contributed by atoms with Crippen LogP contribution in [-0.4, -0.2) is 22.9 Å². The van der Waals surface area contributed by atoms with E-state index in [0.717, 1.165) is 22.1 Å². The van der Waals surface area contributed by atoms with Gasteiger partial charge in [-0.15, -0.1) is 0 Å². The Morgan fingerprint density at radius 3 is 2.30 bits per heavy atom. The molecule has 2 aromatic rings. The SMILES string of the molecule is Cn1cc(N)c2cc(B3OC(C)(C)C(C)(C)O3)ccc21. The second-order valence-electron chi connectivity index (χ2n) is 6.56. The molecule has 0 unspecified atom stereocenters. The fourth-order valence-electron chi connectivity index (χ4n) is 2.57. The lowest BCUT2D eigenvalue weighted by Gasteiger charge is -2.32. The van der Waals surface area contributed by atoms with Gasteiger partial charge in [0.15, 0.2) is 0 Å². The monoisotopic (exact) mass is 272 g/mol. The van der Waals surface area contributed by atoms with Gasteiger partial charge in [0.2, 0.25) is 0 Å². The minimum atomic E-state index is -0.344. The second-order valence-corrected chi connectivity index (χ2v) is 6.56. The van der Waals surface area contributed by atoms with Crippen molar-refractivity contribution >= 4 is 29.2 Å². The van der Waals surface area contributed by atoms with Crippen LogP contribution in [0.3, 0.4) is 0 Å². The number of nitrogen functional groups attached to an aromatic ring is 1. The highest BCUT2D eigenvalue weighted by Gasteiger charge is 2.51. The van der Waals surface area contributed by atoms with Crippen LogP contribution in [0, 0.1) is 0 Å². The largest absolute Gasteiger partial charge is 0.494 e. The number of nitrogens with two attached hydrogens (primary N) is 1. The first kappa shape index (κ1) is 13.5. The van der Waals surface area contributed by atoms with Crippen LogP contribution in [0.25, 0.3) is 10.9 Å². The number of fused-ring (bicyclic) bond motifs is 1. The first-order chi connectivity index (χ1) is 9.21. The van der Waals surface area contributed by atoms with Crippen molar-refractivity contribution in [3.63, 3.8) is 0 Å². The summed E-state index contributed by atoms with van der Waals surface area (Å²) in [7, 11) is 1.65. The maximum Gasteiger partial charge on any atom is 0.494 e. The molecule has 1 aromatic carbocycles. The fourth-order valence-corrected chi connectivity index (χ4v) is 2.57. The third-order valence-electron chi connectivity index (χ3n) is 4.57. The van der Waals surface area contributed by atoms with E-state index in [1.165, 1.54) is 0 Å². The molecule has 1 aliphatic rings. The van der Waals surface area contributed by atoms with Crippen LogP contribution in [0.5, 0.6) is 0 Å². The van der Waals surface area contributed by atoms with E-state index in [0.29, 0.717) is 0 Å². The summed E-state index contributed by atoms with van der Waals surface area (Å²) >= 11 is 0. The normalized spacial score (nSPS) is 20.8. The van der Waals surface area contributed by atoms with Gasteiger partial charge in [-0.2, -0.15) is 0 Å². The predicted octanol–water partition coefficient (Wildman–Crippen LogP) is 2.06. The second kappa shape index (κ2) is 4.02. The lowest BCUT2D eigenvalue weighted by Crippen LogP contribution is -2.41. The van der Waals surface area contributed by atoms with E-state index in [2.05, 4.69) is 39.8 Å². The summed E-state index contributed by atoms with van der Waals surface area (Å²) in [5.74, 6) is 0. The molecular formula is C15H21BN2O2. The summed E-state index contributed by atoms with van der Waals surface area (Å²) in [6, 6.07) is 6.17. The molecule has 1 saturated heterocycles. The minimum absolute atomic E-state index is 0.325. The molecule has 0 bridgehead atoms. The van der Waals surface area contributed by atoms with E-state index in [9.17, 15) is 0 Å². The van der Waals surface area contributed by atoms with Crippen LogP contribution in [0.15, 0.2) is 24.4 Å². The molecule has 0 radical (unpaired) electrons. The Balaban J connectivity index is 2.02. The highest BCUT2D eigenvalue weighted by molar-refractivity contribution is 6.62. The third kappa shape index (κ3) is 1.85. The molecule has 2 N–H and O–H groups in total. The average Bonchev–Trinajstić information content (AvgIpc) is 2.74. The number of aryl methyl sites for hydroxylation is 1. The van der Waals surface area contributed by atoms with E-state index in [1.54, 1.807) is 0 Å². The molecule has 106 valence electrons. The highest BCUT2D eigenvalue weighted by atomic mass is 16.7. The Morgan fingerprint density at radius 2 is 1.70 bits per heavy atom. The van der Waals surface area contributed by atoms with Crippen molar-refractivity contribution in [3.8, 4) is 0 Å². The Kier molecular flexibility index (Phi) is 2.72. The number of benzene rings is 1. The molecule has 4 nitrogen and oxygen atoms in total. The van der Waals surface area contributed by atoms with Gasteiger partial charge in [-0.3, -0.25) is 0 Å². The molecular weight excluding hydrogens is 251 g/mol. The van der Waals surface area contributed by atoms with E-state index < -0.39 is 0 Å². The molecule has 20 heavy (non-hydrogen) atoms. The molecule has 0 aliphatic carbocycles. The number of anilines is 1. The molecule has 0 saturated carbocycles. The minimum Gasteiger partial charge on any atom is -0.399 e. The van der Waals surface area contributed by atoms with Crippen LogP contribution in [0.1, 0.15) is 27.7 Å². The van der Waals surface area contributed by atoms with Crippen molar-refractivity contribution in [2.45, 2.75) is 38.9 Å². The number of rotatable bonds is 1. The van der Waals surface area contributed by atoms with Gasteiger partial charge in [0.25, 0.3) is 0 Å². The van der Waals surface area contributed by atoms with E-state index in [-0.39, 0.29) is 18.3 Å². The average molecular weight is 272 g/mol. The predicted molar refractivity (Wildman–Crippen MR) is 83.0 cm³/mol. The first-order valence-corrected chi connectivity index (χ1v) is 6.91. The van der Waals surface area contributed by atoms with Crippen molar-refractivity contribution in [2.75, 3.05) is 5.73 Å². The molecule has 1 aromatic heterocycles. The van der Waals surface area contributed by atoms with Crippen LogP contribution in [-0.2, 0) is 16.4 Å². The summed E-state index contributed by atoms with van der Waals surface area (Å²) < 4.78 is 14.2. The summed E-state index contributed by atoms with van der Waals surface area (Å²) in [5.41, 5.74) is 8.30. The zero-order chi connectivity index (χ0) is 14.7. The summed E-state index contributed by atoms with van der Waals surface area (Å²) in [5, 5.41) is 1.04. The fraction of sp³-hybridized carbons (Fsp3) is 0.467. The van der Waals surface area contributed by atoms with E-state index in [1.807, 2.05) is 23.9 Å². The maximum atomic E-state index is 6.08. The van der Waals surface area contributed by atoms with Gasteiger partial charge in [0.1, 0.15) is 0 Å². The number of hydrogen-bond donors (Lipinski definition) is 1. The van der Waals surface area contributed by atoms with Crippen LogP contribution in [0.2, 0.25) is 0 Å². The van der Waals surface area contributed by atoms with Gasteiger partial charge < -0.3 is 19.6 Å². The van der Waals surface area contributed by atoms with Crippen molar-refractivity contribution in [3.05, 3.63) is 24.4 Å². The summed E-state index contributed by atoms with van der Waals surface area (Å²) in [4.78, 5) is 0. The number of aromatic nitrogens is 1. The Hall–Kier alpha value is -1.46. The lowest BCUT2D eigenvalue weighted by molar-refractivity contribution is 0.00578. The van der Waals surface area contributed by atoms with Crippen molar-refractivity contribution in [1.82, 2.24) is 4.57 Å². The van der Waals surface area contributed by atoms with E-state index in [4.69, 9.17) is 15.0 Å². The van der Waals surface area contributed by atoms with Gasteiger partial charge in [-0.1, -0.05) is 12.1 Å². The van der Waals surface area contributed by atoms with Gasteiger partial charge in [-0.25, -0.2) is 0 Å². The maximum absolute atomic E-state index is 6.08. The highest BCUT2D eigenvalue weighted by Crippen LogP contribution is 2.36. The van der Waals surface area contributed by atoms with Crippen LogP contribution < -0.4 is 11.2 Å². The van der Waals surface area contributed by atoms with Crippen molar-refractivity contribution < 1.29 is 9.31 Å². The molecule has 3 rings (SSSR count). The molecule has 1 aliphatic heterocycles. The topological polar surface area (TPSA) is 49.4 Å². The quantitative estimate of drug-likeness (QED) is 0.808. The molecule has 0 atom stereocenters. The van der Waals surface area contributed by atoms with Gasteiger partial charge >= 0.3 is 7.12 Å². The zero-order valence-corrected chi connectivity index (χ0v) is 12.7. The number of hydrogen-bond acceptors (Lipinski definition) is 3. The summed E-state index contributed by atoms with van der Waals surface area (Å²) in [6.45, 7) is 8.23. The van der Waals surface area contributed by atoms with Crippen LogP contribution >= 0.6 is 0 Å². The molecule has 5 heteroatoms. The first-order valence-electron chi connectivity index (χ1n) is 6.91. The molecule has 1 fully saturated rings. The molecule has 0 spiro atoms. The van der Waals surface area contributed by atoms with E-state index >= 15 is 0 Å². The standard InChI is InChI=1S/C15H21BN2O2/c1-14(2)15(3,4)20-16(19-14)10-6-7-13-11(8-10)12(17)9-18(13)5/h6-9H,17H2,1-5H3. The Bertz CT molecular complexity index is 660. The Labute approximate surface area is 120 Å². The Morgan fingerprint density at radius 1 is 1.10 bits per heavy atom. The molecule has 2 heterocycles. The van der Waals surface area contributed by atoms with Crippen LogP contribution in [0.4, 0.5) is 5.69 Å². The van der Waals surface area contributed by atoms with Crippen molar-refractivity contribution in [2.24, 2.45) is 7.05 Å². The summed E-state index contributed by atoms with van der Waals surface area (Å²) in [6.07, 6.45) is 1.93. The van der Waals surface area contributed by atoms with Gasteiger partial charge in [0, 0.05) is 24.1 Å². The smallest absolute Gasteiger partial charge is 0.399 e. The zero-order valence-electron chi connectivity index (χ0n) is 12.7.